The number of rotatable bonds is 3. The molecule has 1 aliphatic rings. The predicted molar refractivity (Wildman–Crippen MR) is 71.4 cm³/mol. The number of aromatic nitrogens is 1. The number of pyridine rings is 1. The molecule has 100 valence electrons. The molecule has 2 atom stereocenters. The van der Waals surface area contributed by atoms with Crippen LogP contribution in [0.1, 0.15) is 38.2 Å². The molecular formula is C13H19ClN2O2. The van der Waals surface area contributed by atoms with Crippen LogP contribution >= 0.6 is 11.6 Å². The average molecular weight is 271 g/mol. The zero-order valence-electron chi connectivity index (χ0n) is 10.5. The maximum Gasteiger partial charge on any atom is 0.129 e. The number of ether oxygens (including phenoxy) is 1. The Morgan fingerprint density at radius 3 is 3.17 bits per heavy atom. The number of anilines is 1. The molecule has 1 aromatic rings. The summed E-state index contributed by atoms with van der Waals surface area (Å²) in [6.45, 7) is 2.64. The van der Waals surface area contributed by atoms with Gasteiger partial charge in [-0.15, -0.1) is 0 Å². The van der Waals surface area contributed by atoms with Crippen molar-refractivity contribution in [1.29, 1.82) is 0 Å². The van der Waals surface area contributed by atoms with Crippen molar-refractivity contribution in [2.75, 3.05) is 12.3 Å². The van der Waals surface area contributed by atoms with Gasteiger partial charge >= 0.3 is 0 Å². The molecule has 0 aliphatic carbocycles. The SMILES string of the molecule is CCCC1CC(O)(c2cc(Cl)cnc2N)CCO1. The number of halogens is 1. The van der Waals surface area contributed by atoms with Crippen molar-refractivity contribution in [1.82, 2.24) is 4.98 Å². The molecule has 0 spiro atoms. The highest BCUT2D eigenvalue weighted by Crippen LogP contribution is 2.38. The van der Waals surface area contributed by atoms with Crippen molar-refractivity contribution in [3.8, 4) is 0 Å². The molecule has 0 aromatic carbocycles. The summed E-state index contributed by atoms with van der Waals surface area (Å²) < 4.78 is 5.65. The maximum absolute atomic E-state index is 10.8. The number of nitrogens with two attached hydrogens (primary N) is 1. The first kappa shape index (κ1) is 13.6. The van der Waals surface area contributed by atoms with Gasteiger partial charge in [0.2, 0.25) is 0 Å². The molecule has 5 heteroatoms. The monoisotopic (exact) mass is 270 g/mol. The van der Waals surface area contributed by atoms with E-state index in [1.807, 2.05) is 0 Å². The molecule has 1 aliphatic heterocycles. The minimum atomic E-state index is -0.972. The van der Waals surface area contributed by atoms with Gasteiger partial charge in [0.25, 0.3) is 0 Å². The third-order valence-electron chi connectivity index (χ3n) is 3.43. The molecule has 1 aromatic heterocycles. The second kappa shape index (κ2) is 5.43. The number of nitrogen functional groups attached to an aromatic ring is 1. The predicted octanol–water partition coefficient (Wildman–Crippen LogP) is 2.48. The summed E-state index contributed by atoms with van der Waals surface area (Å²) in [5.74, 6) is 0.346. The summed E-state index contributed by atoms with van der Waals surface area (Å²) in [5.41, 5.74) is 5.51. The molecule has 1 saturated heterocycles. The van der Waals surface area contributed by atoms with E-state index in [9.17, 15) is 5.11 Å². The van der Waals surface area contributed by atoms with Gasteiger partial charge in [-0.2, -0.15) is 0 Å². The highest BCUT2D eigenvalue weighted by atomic mass is 35.5. The minimum Gasteiger partial charge on any atom is -0.385 e. The Balaban J connectivity index is 2.26. The first-order valence-corrected chi connectivity index (χ1v) is 6.68. The Kier molecular flexibility index (Phi) is 4.10. The van der Waals surface area contributed by atoms with E-state index in [0.29, 0.717) is 35.9 Å². The lowest BCUT2D eigenvalue weighted by atomic mass is 9.83. The van der Waals surface area contributed by atoms with Crippen molar-refractivity contribution in [2.45, 2.75) is 44.3 Å². The van der Waals surface area contributed by atoms with E-state index < -0.39 is 5.60 Å². The Morgan fingerprint density at radius 1 is 1.67 bits per heavy atom. The zero-order chi connectivity index (χ0) is 13.2. The Bertz CT molecular complexity index is 425. The zero-order valence-corrected chi connectivity index (χ0v) is 11.3. The molecule has 4 nitrogen and oxygen atoms in total. The van der Waals surface area contributed by atoms with E-state index >= 15 is 0 Å². The Morgan fingerprint density at radius 2 is 2.44 bits per heavy atom. The normalized spacial score (nSPS) is 28.3. The standard InChI is InChI=1S/C13H19ClN2O2/c1-2-3-10-7-13(17,4-5-18-10)11-6-9(14)8-16-12(11)15/h6,8,10,17H,2-5,7H2,1H3,(H2,15,16). The smallest absolute Gasteiger partial charge is 0.129 e. The van der Waals surface area contributed by atoms with Crippen LogP contribution in [0.25, 0.3) is 0 Å². The summed E-state index contributed by atoms with van der Waals surface area (Å²) in [6, 6.07) is 1.71. The maximum atomic E-state index is 10.8. The molecule has 2 rings (SSSR count). The van der Waals surface area contributed by atoms with Gasteiger partial charge in [0.05, 0.1) is 23.3 Å². The molecule has 2 unspecified atom stereocenters. The molecule has 0 amide bonds. The first-order chi connectivity index (χ1) is 8.55. The molecule has 0 bridgehead atoms. The van der Waals surface area contributed by atoms with E-state index in [1.54, 1.807) is 6.07 Å². The first-order valence-electron chi connectivity index (χ1n) is 6.30. The van der Waals surface area contributed by atoms with Gasteiger partial charge in [0.15, 0.2) is 0 Å². The van der Waals surface area contributed by atoms with E-state index in [-0.39, 0.29) is 6.10 Å². The van der Waals surface area contributed by atoms with Gasteiger partial charge in [-0.25, -0.2) is 4.98 Å². The summed E-state index contributed by atoms with van der Waals surface area (Å²) in [4.78, 5) is 4.02. The van der Waals surface area contributed by atoms with Gasteiger partial charge in [-0.1, -0.05) is 24.9 Å². The molecule has 2 heterocycles. The second-order valence-corrected chi connectivity index (χ2v) is 5.29. The lowest BCUT2D eigenvalue weighted by Gasteiger charge is -2.37. The second-order valence-electron chi connectivity index (χ2n) is 4.85. The minimum absolute atomic E-state index is 0.0760. The van der Waals surface area contributed by atoms with Crippen molar-refractivity contribution < 1.29 is 9.84 Å². The van der Waals surface area contributed by atoms with Crippen LogP contribution in [-0.2, 0) is 10.3 Å². The van der Waals surface area contributed by atoms with Crippen molar-refractivity contribution in [3.63, 3.8) is 0 Å². The van der Waals surface area contributed by atoms with E-state index in [0.717, 1.165) is 12.8 Å². The quantitative estimate of drug-likeness (QED) is 0.885. The highest BCUT2D eigenvalue weighted by Gasteiger charge is 2.38. The average Bonchev–Trinajstić information content (AvgIpc) is 2.33. The lowest BCUT2D eigenvalue weighted by molar-refractivity contribution is -0.109. The van der Waals surface area contributed by atoms with Crippen LogP contribution in [0.5, 0.6) is 0 Å². The number of aliphatic hydroxyl groups is 1. The lowest BCUT2D eigenvalue weighted by Crippen LogP contribution is -2.39. The van der Waals surface area contributed by atoms with Gasteiger partial charge in [0, 0.05) is 24.6 Å². The van der Waals surface area contributed by atoms with E-state index in [1.165, 1.54) is 6.20 Å². The van der Waals surface area contributed by atoms with Crippen LogP contribution in [0.15, 0.2) is 12.3 Å². The Hall–Kier alpha value is -0.840. The van der Waals surface area contributed by atoms with Crippen molar-refractivity contribution >= 4 is 17.4 Å². The number of hydrogen-bond acceptors (Lipinski definition) is 4. The fourth-order valence-electron chi connectivity index (χ4n) is 2.51. The summed E-state index contributed by atoms with van der Waals surface area (Å²) in [7, 11) is 0. The van der Waals surface area contributed by atoms with Crippen LogP contribution in [0.2, 0.25) is 5.02 Å². The summed E-state index contributed by atoms with van der Waals surface area (Å²) in [5, 5.41) is 11.3. The molecule has 1 fully saturated rings. The van der Waals surface area contributed by atoms with Crippen LogP contribution in [-0.4, -0.2) is 22.8 Å². The van der Waals surface area contributed by atoms with E-state index in [4.69, 9.17) is 22.1 Å². The van der Waals surface area contributed by atoms with Gasteiger partial charge in [-0.05, 0) is 12.5 Å². The third kappa shape index (κ3) is 2.76. The molecule has 3 N–H and O–H groups in total. The summed E-state index contributed by atoms with van der Waals surface area (Å²) in [6.07, 6.45) is 4.62. The number of nitrogens with zero attached hydrogens (tertiary/aromatic N) is 1. The summed E-state index contributed by atoms with van der Waals surface area (Å²) >= 11 is 5.94. The van der Waals surface area contributed by atoms with Crippen molar-refractivity contribution in [2.24, 2.45) is 0 Å². The largest absolute Gasteiger partial charge is 0.385 e. The number of hydrogen-bond donors (Lipinski definition) is 2. The fraction of sp³-hybridized carbons (Fsp3) is 0.615. The molecule has 0 saturated carbocycles. The van der Waals surface area contributed by atoms with Crippen LogP contribution in [0, 0.1) is 0 Å². The van der Waals surface area contributed by atoms with E-state index in [2.05, 4.69) is 11.9 Å². The van der Waals surface area contributed by atoms with Crippen molar-refractivity contribution in [3.05, 3.63) is 22.8 Å². The topological polar surface area (TPSA) is 68.4 Å². The third-order valence-corrected chi connectivity index (χ3v) is 3.64. The van der Waals surface area contributed by atoms with Crippen LogP contribution < -0.4 is 5.73 Å². The highest BCUT2D eigenvalue weighted by molar-refractivity contribution is 6.30. The van der Waals surface area contributed by atoms with Crippen LogP contribution in [0.4, 0.5) is 5.82 Å². The van der Waals surface area contributed by atoms with Gasteiger partial charge < -0.3 is 15.6 Å². The van der Waals surface area contributed by atoms with Gasteiger partial charge in [-0.3, -0.25) is 0 Å². The van der Waals surface area contributed by atoms with Gasteiger partial charge in [0.1, 0.15) is 5.82 Å². The Labute approximate surface area is 112 Å². The molecule has 0 radical (unpaired) electrons. The van der Waals surface area contributed by atoms with Crippen LogP contribution in [0.3, 0.4) is 0 Å². The fourth-order valence-corrected chi connectivity index (χ4v) is 2.66. The molecular weight excluding hydrogens is 252 g/mol. The molecule has 18 heavy (non-hydrogen) atoms.